The fourth-order valence-corrected chi connectivity index (χ4v) is 1.54. The molecule has 2 aliphatic heterocycles. The van der Waals surface area contributed by atoms with Gasteiger partial charge in [0.1, 0.15) is 5.70 Å². The highest BCUT2D eigenvalue weighted by Crippen LogP contribution is 2.17. The summed E-state index contributed by atoms with van der Waals surface area (Å²) in [5, 5.41) is 3.35. The van der Waals surface area contributed by atoms with Crippen molar-refractivity contribution in [2.45, 2.75) is 19.3 Å². The first-order valence-corrected chi connectivity index (χ1v) is 3.92. The van der Waals surface area contributed by atoms with Crippen LogP contribution < -0.4 is 10.3 Å². The number of nitrogens with zero attached hydrogens (tertiary/aromatic N) is 1. The Labute approximate surface area is 61.0 Å². The van der Waals surface area contributed by atoms with Gasteiger partial charge < -0.3 is 5.32 Å². The quantitative estimate of drug-likeness (QED) is 0.513. The van der Waals surface area contributed by atoms with Gasteiger partial charge in [-0.3, -0.25) is 0 Å². The zero-order valence-electron chi connectivity index (χ0n) is 6.06. The lowest BCUT2D eigenvalue weighted by Crippen LogP contribution is -2.27. The van der Waals surface area contributed by atoms with E-state index in [1.54, 1.807) is 5.57 Å². The summed E-state index contributed by atoms with van der Waals surface area (Å²) >= 11 is 0. The Morgan fingerprint density at radius 2 is 2.40 bits per heavy atom. The van der Waals surface area contributed by atoms with E-state index >= 15 is 0 Å². The molecule has 10 heavy (non-hydrogen) atoms. The molecule has 0 aromatic rings. The lowest BCUT2D eigenvalue weighted by atomic mass is 10.00. The van der Waals surface area contributed by atoms with Gasteiger partial charge >= 0.3 is 0 Å². The number of dihydropyridines is 1. The molecule has 0 bridgehead atoms. The largest absolute Gasteiger partial charge is 0.380 e. The lowest BCUT2D eigenvalue weighted by molar-refractivity contribution is 0.643. The van der Waals surface area contributed by atoms with E-state index in [4.69, 9.17) is 0 Å². The van der Waals surface area contributed by atoms with E-state index in [0.29, 0.717) is 0 Å². The Hall–Kier alpha value is -0.790. The molecule has 0 fully saturated rings. The van der Waals surface area contributed by atoms with Crippen molar-refractivity contribution in [3.8, 4) is 0 Å². The predicted molar refractivity (Wildman–Crippen MR) is 41.9 cm³/mol. The van der Waals surface area contributed by atoms with Crippen LogP contribution in [0.25, 0.3) is 0 Å². The van der Waals surface area contributed by atoms with Crippen LogP contribution in [0.2, 0.25) is 0 Å². The summed E-state index contributed by atoms with van der Waals surface area (Å²) in [5.41, 5.74) is 2.89. The van der Waals surface area contributed by atoms with Crippen LogP contribution in [0.15, 0.2) is 11.3 Å². The van der Waals surface area contributed by atoms with Gasteiger partial charge in [0.2, 0.25) is 6.54 Å². The summed E-state index contributed by atoms with van der Waals surface area (Å²) < 4.78 is 0. The molecule has 0 atom stereocenters. The molecule has 0 saturated carbocycles. The second kappa shape index (κ2) is 2.45. The van der Waals surface area contributed by atoms with Crippen molar-refractivity contribution in [2.75, 3.05) is 13.1 Å². The topological polar surface area (TPSA) is 26.1 Å². The molecule has 0 unspecified atom stereocenters. The first-order chi connectivity index (χ1) is 4.97. The lowest BCUT2D eigenvalue weighted by Gasteiger charge is -2.17. The maximum Gasteiger partial charge on any atom is 0.257 e. The molecule has 0 aromatic heterocycles. The fraction of sp³-hybridized carbons (Fsp3) is 0.625. The Kier molecular flexibility index (Phi) is 1.46. The standard InChI is InChI=1S/C8H12N2/c1-2-7-3-5-9-6-8(7)10-4-1/h6,10H,1-5H2/q+1. The van der Waals surface area contributed by atoms with Crippen molar-refractivity contribution in [3.63, 3.8) is 0 Å². The first-order valence-electron chi connectivity index (χ1n) is 3.92. The summed E-state index contributed by atoms with van der Waals surface area (Å²) in [7, 11) is 0. The summed E-state index contributed by atoms with van der Waals surface area (Å²) in [6.45, 7) is 2.13. The van der Waals surface area contributed by atoms with Crippen LogP contribution in [0.4, 0.5) is 0 Å². The molecule has 2 rings (SSSR count). The Morgan fingerprint density at radius 1 is 1.40 bits per heavy atom. The monoisotopic (exact) mass is 136 g/mol. The normalized spacial score (nSPS) is 24.0. The highest BCUT2D eigenvalue weighted by Gasteiger charge is 2.18. The molecule has 0 saturated heterocycles. The number of rotatable bonds is 0. The first kappa shape index (κ1) is 5.96. The number of aliphatic imine (C=N–C) groups is 1. The third-order valence-corrected chi connectivity index (χ3v) is 2.11. The van der Waals surface area contributed by atoms with Crippen LogP contribution in [0.1, 0.15) is 19.3 Å². The van der Waals surface area contributed by atoms with Gasteiger partial charge in [0.05, 0.1) is 0 Å². The SMILES string of the molecule is C1=[N+]CCC2=C1NCCC2. The van der Waals surface area contributed by atoms with Crippen LogP contribution in [0, 0.1) is 0 Å². The van der Waals surface area contributed by atoms with Gasteiger partial charge in [-0.05, 0) is 18.4 Å². The highest BCUT2D eigenvalue weighted by molar-refractivity contribution is 5.79. The van der Waals surface area contributed by atoms with Crippen LogP contribution in [-0.4, -0.2) is 19.3 Å². The fourth-order valence-electron chi connectivity index (χ4n) is 1.54. The van der Waals surface area contributed by atoms with Gasteiger partial charge in [0.25, 0.3) is 6.21 Å². The summed E-state index contributed by atoms with van der Waals surface area (Å²) in [5.74, 6) is 0. The minimum atomic E-state index is 1.00. The number of allylic oxidation sites excluding steroid dienone is 1. The zero-order chi connectivity index (χ0) is 6.81. The molecule has 0 spiro atoms. The van der Waals surface area contributed by atoms with Crippen molar-refractivity contribution in [1.29, 1.82) is 0 Å². The van der Waals surface area contributed by atoms with Crippen LogP contribution in [0.3, 0.4) is 0 Å². The molecule has 2 heteroatoms. The van der Waals surface area contributed by atoms with Crippen molar-refractivity contribution in [3.05, 3.63) is 11.3 Å². The molecule has 2 aliphatic rings. The van der Waals surface area contributed by atoms with E-state index in [1.165, 1.54) is 25.0 Å². The van der Waals surface area contributed by atoms with Gasteiger partial charge in [0.15, 0.2) is 0 Å². The third-order valence-electron chi connectivity index (χ3n) is 2.11. The van der Waals surface area contributed by atoms with Crippen molar-refractivity contribution < 1.29 is 0 Å². The Balaban J connectivity index is 2.23. The Morgan fingerprint density at radius 3 is 3.30 bits per heavy atom. The van der Waals surface area contributed by atoms with Gasteiger partial charge in [-0.1, -0.05) is 0 Å². The third kappa shape index (κ3) is 0.939. The van der Waals surface area contributed by atoms with E-state index in [2.05, 4.69) is 10.3 Å². The number of nitrogens with one attached hydrogen (secondary N) is 1. The maximum atomic E-state index is 4.22. The minimum absolute atomic E-state index is 1.00. The summed E-state index contributed by atoms with van der Waals surface area (Å²) in [4.78, 5) is 4.22. The average molecular weight is 136 g/mol. The number of hydrogen-bond donors (Lipinski definition) is 1. The maximum absolute atomic E-state index is 4.22. The van der Waals surface area contributed by atoms with Gasteiger partial charge in [0, 0.05) is 18.0 Å². The molecule has 0 aromatic carbocycles. The van der Waals surface area contributed by atoms with E-state index in [1.807, 2.05) is 6.21 Å². The predicted octanol–water partition coefficient (Wildman–Crippen LogP) is 0.434. The summed E-state index contributed by atoms with van der Waals surface area (Å²) in [6.07, 6.45) is 5.75. The second-order valence-corrected chi connectivity index (χ2v) is 2.83. The number of hydrogen-bond acceptors (Lipinski definition) is 2. The van der Waals surface area contributed by atoms with Crippen molar-refractivity contribution in [2.24, 2.45) is 0 Å². The Bertz CT molecular complexity index is 191. The molecule has 2 nitrogen and oxygen atoms in total. The van der Waals surface area contributed by atoms with E-state index in [0.717, 1.165) is 13.1 Å². The molecule has 53 valence electrons. The second-order valence-electron chi connectivity index (χ2n) is 2.83. The van der Waals surface area contributed by atoms with E-state index in [-0.39, 0.29) is 0 Å². The zero-order valence-corrected chi connectivity index (χ0v) is 6.06. The van der Waals surface area contributed by atoms with Gasteiger partial charge in [-0.15, -0.1) is 0 Å². The van der Waals surface area contributed by atoms with Crippen LogP contribution in [-0.2, 0) is 0 Å². The molecule has 1 N–H and O–H groups in total. The minimum Gasteiger partial charge on any atom is -0.380 e. The average Bonchev–Trinajstić information content (AvgIpc) is 2.05. The van der Waals surface area contributed by atoms with Crippen LogP contribution >= 0.6 is 0 Å². The van der Waals surface area contributed by atoms with Crippen molar-refractivity contribution in [1.82, 2.24) is 10.3 Å². The van der Waals surface area contributed by atoms with E-state index in [9.17, 15) is 0 Å². The molecule has 0 aliphatic carbocycles. The molecule has 1 radical (unpaired) electrons. The highest BCUT2D eigenvalue weighted by atomic mass is 14.9. The van der Waals surface area contributed by atoms with Gasteiger partial charge in [-0.25, -0.2) is 0 Å². The molecular formula is C8H12N2+. The van der Waals surface area contributed by atoms with Crippen molar-refractivity contribution >= 4 is 6.21 Å². The molecule has 0 amide bonds. The molecule has 2 heterocycles. The molecular weight excluding hydrogens is 124 g/mol. The smallest absolute Gasteiger partial charge is 0.257 e. The summed E-state index contributed by atoms with van der Waals surface area (Å²) in [6, 6.07) is 0. The van der Waals surface area contributed by atoms with Gasteiger partial charge in [-0.2, -0.15) is 0 Å². The van der Waals surface area contributed by atoms with E-state index < -0.39 is 0 Å². The van der Waals surface area contributed by atoms with Crippen LogP contribution in [0.5, 0.6) is 0 Å².